The molecule has 0 bridgehead atoms. The van der Waals surface area contributed by atoms with Crippen LogP contribution in [0.5, 0.6) is 0 Å². The molecule has 0 aliphatic carbocycles. The van der Waals surface area contributed by atoms with E-state index < -0.39 is 0 Å². The minimum atomic E-state index is 1.22. The van der Waals surface area contributed by atoms with Crippen molar-refractivity contribution in [2.45, 2.75) is 20.8 Å². The Labute approximate surface area is 727 Å². The number of hydrogen-bond acceptors (Lipinski definition) is 0. The molecule has 3 heteroatoms. The van der Waals surface area contributed by atoms with Crippen LogP contribution in [0.3, 0.4) is 0 Å². The first-order valence-electron chi connectivity index (χ1n) is 43.9. The lowest BCUT2D eigenvalue weighted by atomic mass is 9.90. The highest BCUT2D eigenvalue weighted by Crippen LogP contribution is 2.50. The monoisotopic (exact) mass is 1600 g/mol. The van der Waals surface area contributed by atoms with Gasteiger partial charge in [0.05, 0.1) is 49.7 Å². The van der Waals surface area contributed by atoms with E-state index in [9.17, 15) is 0 Å². The van der Waals surface area contributed by atoms with Crippen molar-refractivity contribution >= 4 is 179 Å². The van der Waals surface area contributed by atoms with Gasteiger partial charge in [-0.3, -0.25) is 0 Å². The third kappa shape index (κ3) is 11.2. The fourth-order valence-corrected chi connectivity index (χ4v) is 21.6. The molecule has 0 radical (unpaired) electrons. The van der Waals surface area contributed by atoms with Gasteiger partial charge in [0.1, 0.15) is 0 Å². The number of benzene rings is 22. The summed E-state index contributed by atoms with van der Waals surface area (Å²) < 4.78 is 7.52. The van der Waals surface area contributed by atoms with Crippen LogP contribution in [-0.2, 0) is 0 Å². The summed E-state index contributed by atoms with van der Waals surface area (Å²) in [6, 6.07) is 157. The summed E-state index contributed by atoms with van der Waals surface area (Å²) in [4.78, 5) is 0. The molecule has 0 aliphatic heterocycles. The molecule has 28 aromatic rings. The zero-order valence-electron chi connectivity index (χ0n) is 69.8. The Morgan fingerprint density at radius 3 is 0.611 bits per heavy atom. The van der Waals surface area contributed by atoms with E-state index in [4.69, 9.17) is 0 Å². The summed E-state index contributed by atoms with van der Waals surface area (Å²) in [6.07, 6.45) is 0. The van der Waals surface area contributed by atoms with Crippen LogP contribution in [0.25, 0.3) is 257 Å². The summed E-state index contributed by atoms with van der Waals surface area (Å²) >= 11 is 0. The van der Waals surface area contributed by atoms with Crippen molar-refractivity contribution in [3.05, 3.63) is 441 Å². The van der Waals surface area contributed by atoms with Gasteiger partial charge in [-0.25, -0.2) is 0 Å². The van der Waals surface area contributed by atoms with Crippen LogP contribution in [0.2, 0.25) is 0 Å². The van der Waals surface area contributed by atoms with Crippen LogP contribution < -0.4 is 0 Å². The van der Waals surface area contributed by atoms with E-state index in [1.54, 1.807) is 0 Å². The maximum atomic E-state index is 2.51. The van der Waals surface area contributed by atoms with E-state index in [-0.39, 0.29) is 0 Å². The first-order chi connectivity index (χ1) is 62.1. The fraction of sp³-hybridized carbons (Fsp3) is 0.0244. The molecule has 0 unspecified atom stereocenters. The quantitative estimate of drug-likeness (QED) is 0.151. The molecule has 0 amide bonds. The Hall–Kier alpha value is -16.2. The zero-order chi connectivity index (χ0) is 83.1. The van der Waals surface area contributed by atoms with Gasteiger partial charge in [-0.1, -0.05) is 297 Å². The molecule has 0 aliphatic rings. The zero-order valence-corrected chi connectivity index (χ0v) is 69.8. The molecule has 586 valence electrons. The Morgan fingerprint density at radius 2 is 0.341 bits per heavy atom. The normalized spacial score (nSPS) is 12.1. The third-order valence-corrected chi connectivity index (χ3v) is 27.4. The molecule has 126 heavy (non-hydrogen) atoms. The van der Waals surface area contributed by atoms with Crippen LogP contribution in [-0.4, -0.2) is 13.2 Å². The topological polar surface area (TPSA) is 13.2 Å². The van der Waals surface area contributed by atoms with Crippen molar-refractivity contribution in [1.82, 2.24) is 13.2 Å². The number of aryl methyl sites for hydroxylation is 3. The van der Waals surface area contributed by atoms with Crippen molar-refractivity contribution in [2.75, 3.05) is 0 Å². The number of hydrogen-bond donors (Lipinski definition) is 0. The lowest BCUT2D eigenvalue weighted by Gasteiger charge is -2.14. The van der Waals surface area contributed by atoms with Gasteiger partial charge in [-0.2, -0.15) is 0 Å². The standard InChI is InChI=1S/C44H27N.C40H27N.C39H25N/c1-3-11-28(12-4-1)34-19-35(29-13-5-2-6-14-29)21-36(20-34)37-24-40-38-22-30-15-7-9-17-32(30)26-42(38)45-43-27-33-18-10-8-16-31(33)23-39(43)41(25-37)44(40)45;1-24-16-31(26-10-4-3-5-11-26)17-25(2)39(24)32-20-35-33-18-27-12-6-8-14-29(27)22-37(33)41-38-23-30-15-9-7-13-28(30)19-34(38)36(21-32)40(35)41;1-24-17-30(25-9-3-2-4-10-25)15-16-32(24)31-20-35-33-18-26-11-5-7-13-28(26)22-37(33)40-38-23-29-14-8-6-12-27(29)19-34(38)36(21-31)39(35)40/h1-27H;3-23H,1-2H3;2-23H,1H3. The second-order valence-electron chi connectivity index (χ2n) is 34.8. The number of rotatable bonds is 7. The maximum Gasteiger partial charge on any atom is 0.0620 e. The Kier molecular flexibility index (Phi) is 15.9. The summed E-state index contributed by atoms with van der Waals surface area (Å²) in [6.45, 7) is 6.76. The second kappa shape index (κ2) is 27.9. The molecule has 0 spiro atoms. The van der Waals surface area contributed by atoms with Crippen LogP contribution in [0.15, 0.2) is 425 Å². The molecule has 28 rings (SSSR count). The lowest BCUT2D eigenvalue weighted by Crippen LogP contribution is -1.91. The highest BCUT2D eigenvalue weighted by Gasteiger charge is 2.26. The van der Waals surface area contributed by atoms with Gasteiger partial charge in [-0.15, -0.1) is 0 Å². The number of nitrogens with zero attached hydrogens (tertiary/aromatic N) is 3. The summed E-state index contributed by atoms with van der Waals surface area (Å²) in [5, 5.41) is 31.1. The average molecular weight is 1600 g/mol. The average Bonchev–Trinajstić information content (AvgIpc) is 1.54. The number of fused-ring (bicyclic) bond motifs is 24. The fourth-order valence-electron chi connectivity index (χ4n) is 21.6. The molecule has 0 saturated heterocycles. The van der Waals surface area contributed by atoms with Gasteiger partial charge in [0.2, 0.25) is 0 Å². The molecule has 0 N–H and O–H groups in total. The Morgan fingerprint density at radius 1 is 0.135 bits per heavy atom. The first kappa shape index (κ1) is 71.5. The highest BCUT2D eigenvalue weighted by atomic mass is 14.9. The van der Waals surface area contributed by atoms with Crippen molar-refractivity contribution in [2.24, 2.45) is 0 Å². The van der Waals surface area contributed by atoms with Gasteiger partial charge in [0.25, 0.3) is 0 Å². The van der Waals surface area contributed by atoms with E-state index in [2.05, 4.69) is 459 Å². The largest absolute Gasteiger partial charge is 0.308 e. The number of aromatic nitrogens is 3. The van der Waals surface area contributed by atoms with Gasteiger partial charge >= 0.3 is 0 Å². The molecule has 6 aromatic heterocycles. The molecular weight excluding hydrogens is 1520 g/mol. The van der Waals surface area contributed by atoms with E-state index >= 15 is 0 Å². The predicted molar refractivity (Wildman–Crippen MR) is 541 cm³/mol. The van der Waals surface area contributed by atoms with E-state index in [0.29, 0.717) is 0 Å². The minimum absolute atomic E-state index is 1.22. The molecule has 0 saturated carbocycles. The Balaban J connectivity index is 0.000000101. The smallest absolute Gasteiger partial charge is 0.0620 e. The van der Waals surface area contributed by atoms with Gasteiger partial charge in [-0.05, 0) is 307 Å². The second-order valence-corrected chi connectivity index (χ2v) is 34.8. The van der Waals surface area contributed by atoms with Crippen LogP contribution in [0, 0.1) is 20.8 Å². The summed E-state index contributed by atoms with van der Waals surface area (Å²) in [5.74, 6) is 0. The molecular formula is C123H79N3. The van der Waals surface area contributed by atoms with Crippen molar-refractivity contribution in [3.63, 3.8) is 0 Å². The predicted octanol–water partition coefficient (Wildman–Crippen LogP) is 34.0. The molecule has 6 heterocycles. The molecule has 3 nitrogen and oxygen atoms in total. The van der Waals surface area contributed by atoms with E-state index in [0.717, 1.165) is 0 Å². The van der Waals surface area contributed by atoms with Gasteiger partial charge < -0.3 is 13.2 Å². The Bertz CT molecular complexity index is 8900. The third-order valence-electron chi connectivity index (χ3n) is 27.4. The molecule has 22 aromatic carbocycles. The summed E-state index contributed by atoms with van der Waals surface area (Å²) in [5.41, 5.74) is 33.1. The summed E-state index contributed by atoms with van der Waals surface area (Å²) in [7, 11) is 0. The van der Waals surface area contributed by atoms with Crippen molar-refractivity contribution in [1.29, 1.82) is 0 Å². The molecule has 0 fully saturated rings. The van der Waals surface area contributed by atoms with Crippen LogP contribution in [0.4, 0.5) is 0 Å². The van der Waals surface area contributed by atoms with E-state index in [1.165, 1.54) is 273 Å². The highest BCUT2D eigenvalue weighted by molar-refractivity contribution is 6.31. The first-order valence-corrected chi connectivity index (χ1v) is 43.9. The van der Waals surface area contributed by atoms with E-state index in [1.807, 2.05) is 0 Å². The van der Waals surface area contributed by atoms with Crippen LogP contribution >= 0.6 is 0 Å². The van der Waals surface area contributed by atoms with Gasteiger partial charge in [0.15, 0.2) is 0 Å². The molecule has 0 atom stereocenters. The van der Waals surface area contributed by atoms with Crippen molar-refractivity contribution < 1.29 is 0 Å². The van der Waals surface area contributed by atoms with Crippen molar-refractivity contribution in [3.8, 4) is 77.9 Å². The minimum Gasteiger partial charge on any atom is -0.308 e. The van der Waals surface area contributed by atoms with Gasteiger partial charge in [0, 0.05) is 64.6 Å². The van der Waals surface area contributed by atoms with Crippen LogP contribution in [0.1, 0.15) is 16.7 Å². The lowest BCUT2D eigenvalue weighted by molar-refractivity contribution is 1.37. The maximum absolute atomic E-state index is 2.51. The SMILES string of the molecule is Cc1cc(-c2ccccc2)cc(C)c1-c1cc2c3cc4ccccc4cc3n3c4cc5ccccc5cc4c(c1)c23.Cc1cc(-c2ccccc2)ccc1-c1cc2c3cc4ccccc4cc3n3c4cc5ccccc5cc4c(c1)c23.c1ccc(-c2cc(-c3ccccc3)cc(-c3cc4c5cc6ccccc6cc5n5c6cc7ccccc7cc6c(c3)c45)c2)cc1.